The van der Waals surface area contributed by atoms with Crippen molar-refractivity contribution < 1.29 is 4.74 Å². The van der Waals surface area contributed by atoms with E-state index in [1.54, 1.807) is 6.92 Å². The van der Waals surface area contributed by atoms with Gasteiger partial charge in [-0.05, 0) is 36.2 Å². The maximum Gasteiger partial charge on any atom is 0.140 e. The average molecular weight is 275 g/mol. The number of hydrogen-bond donors (Lipinski definition) is 0. The Labute approximate surface area is 125 Å². The summed E-state index contributed by atoms with van der Waals surface area (Å²) in [6.45, 7) is 4.77. The largest absolute Gasteiger partial charge is 0.408 e. The van der Waals surface area contributed by atoms with E-state index in [4.69, 9.17) is 4.74 Å². The van der Waals surface area contributed by atoms with Crippen LogP contribution in [0.3, 0.4) is 0 Å². The molecule has 0 atom stereocenters. The topological polar surface area (TPSA) is 14.2 Å². The van der Waals surface area contributed by atoms with Crippen molar-refractivity contribution in [3.63, 3.8) is 0 Å². The van der Waals surface area contributed by atoms with Gasteiger partial charge in [0.15, 0.2) is 0 Å². The normalized spacial score (nSPS) is 10.2. The van der Waals surface area contributed by atoms with Gasteiger partial charge < -0.3 is 9.30 Å². The summed E-state index contributed by atoms with van der Waals surface area (Å²) in [5.74, 6) is 3.50. The third kappa shape index (κ3) is 2.78. The Bertz CT molecular complexity index is 816. The summed E-state index contributed by atoms with van der Waals surface area (Å²) in [6, 6.07) is 16.6. The molecule has 104 valence electrons. The fourth-order valence-electron chi connectivity index (χ4n) is 2.53. The van der Waals surface area contributed by atoms with E-state index in [1.165, 1.54) is 22.0 Å². The third-order valence-corrected chi connectivity index (χ3v) is 3.54. The lowest BCUT2D eigenvalue weighted by molar-refractivity contribution is 0.519. The van der Waals surface area contributed by atoms with Crippen LogP contribution in [0, 0.1) is 19.0 Å². The minimum Gasteiger partial charge on any atom is -0.408 e. The van der Waals surface area contributed by atoms with Gasteiger partial charge in [0.25, 0.3) is 0 Å². The van der Waals surface area contributed by atoms with Crippen LogP contribution < -0.4 is 4.74 Å². The fraction of sp³-hybridized carbons (Fsp3) is 0.158. The summed E-state index contributed by atoms with van der Waals surface area (Å²) >= 11 is 0. The molecule has 3 rings (SSSR count). The van der Waals surface area contributed by atoms with E-state index < -0.39 is 0 Å². The SMILES string of the molecule is CC#COc1ccc(Cn2cc(C)c3ccccc32)cc1. The number of aryl methyl sites for hydroxylation is 1. The number of fused-ring (bicyclic) bond motifs is 1. The van der Waals surface area contributed by atoms with Gasteiger partial charge in [-0.2, -0.15) is 0 Å². The molecule has 0 aliphatic heterocycles. The smallest absolute Gasteiger partial charge is 0.140 e. The van der Waals surface area contributed by atoms with E-state index in [0.717, 1.165) is 12.3 Å². The number of ether oxygens (including phenoxy) is 1. The summed E-state index contributed by atoms with van der Waals surface area (Å²) in [4.78, 5) is 0. The van der Waals surface area contributed by atoms with Crippen molar-refractivity contribution in [1.82, 2.24) is 4.57 Å². The zero-order valence-corrected chi connectivity index (χ0v) is 12.3. The molecule has 0 unspecified atom stereocenters. The zero-order valence-electron chi connectivity index (χ0n) is 12.3. The first-order chi connectivity index (χ1) is 10.3. The number of benzene rings is 2. The van der Waals surface area contributed by atoms with Gasteiger partial charge in [-0.3, -0.25) is 0 Å². The predicted molar refractivity (Wildman–Crippen MR) is 86.3 cm³/mol. The van der Waals surface area contributed by atoms with Crippen LogP contribution in [0.2, 0.25) is 0 Å². The van der Waals surface area contributed by atoms with E-state index in [2.05, 4.69) is 66.1 Å². The lowest BCUT2D eigenvalue weighted by Gasteiger charge is -2.06. The lowest BCUT2D eigenvalue weighted by Crippen LogP contribution is -1.97. The fourth-order valence-corrected chi connectivity index (χ4v) is 2.53. The molecule has 21 heavy (non-hydrogen) atoms. The highest BCUT2D eigenvalue weighted by atomic mass is 16.5. The van der Waals surface area contributed by atoms with Crippen LogP contribution in [0.1, 0.15) is 18.1 Å². The van der Waals surface area contributed by atoms with Crippen molar-refractivity contribution in [2.75, 3.05) is 0 Å². The molecule has 0 amide bonds. The molecule has 2 nitrogen and oxygen atoms in total. The molecule has 2 heteroatoms. The molecular formula is C19H17NO. The third-order valence-electron chi connectivity index (χ3n) is 3.54. The first kappa shape index (κ1) is 13.3. The van der Waals surface area contributed by atoms with Crippen LogP contribution in [-0.4, -0.2) is 4.57 Å². The highest BCUT2D eigenvalue weighted by Gasteiger charge is 2.05. The lowest BCUT2D eigenvalue weighted by atomic mass is 10.2. The molecule has 3 aromatic rings. The molecule has 2 aromatic carbocycles. The second-order valence-electron chi connectivity index (χ2n) is 5.06. The van der Waals surface area contributed by atoms with Crippen molar-refractivity contribution >= 4 is 10.9 Å². The van der Waals surface area contributed by atoms with Gasteiger partial charge in [-0.25, -0.2) is 0 Å². The van der Waals surface area contributed by atoms with Crippen molar-refractivity contribution in [1.29, 1.82) is 0 Å². The Morgan fingerprint density at radius 2 is 1.81 bits per heavy atom. The maximum atomic E-state index is 5.27. The Hall–Kier alpha value is -2.66. The molecule has 1 heterocycles. The molecule has 1 aromatic heterocycles. The molecular weight excluding hydrogens is 258 g/mol. The van der Waals surface area contributed by atoms with E-state index in [1.807, 2.05) is 12.1 Å². The number of hydrogen-bond acceptors (Lipinski definition) is 1. The van der Waals surface area contributed by atoms with E-state index >= 15 is 0 Å². The molecule has 0 aliphatic rings. The van der Waals surface area contributed by atoms with Crippen LogP contribution in [0.5, 0.6) is 5.75 Å². The minimum absolute atomic E-state index is 0.779. The Morgan fingerprint density at radius 1 is 1.05 bits per heavy atom. The van der Waals surface area contributed by atoms with Gasteiger partial charge in [-0.15, -0.1) is 0 Å². The number of nitrogens with zero attached hydrogens (tertiary/aromatic N) is 1. The summed E-state index contributed by atoms with van der Waals surface area (Å²) in [7, 11) is 0. The predicted octanol–water partition coefficient (Wildman–Crippen LogP) is 4.36. The van der Waals surface area contributed by atoms with Crippen molar-refractivity contribution in [3.8, 4) is 17.8 Å². The van der Waals surface area contributed by atoms with Gasteiger partial charge in [0.2, 0.25) is 0 Å². The number of aromatic nitrogens is 1. The summed E-state index contributed by atoms with van der Waals surface area (Å²) < 4.78 is 7.55. The summed E-state index contributed by atoms with van der Waals surface area (Å²) in [5, 5.41) is 1.32. The number of para-hydroxylation sites is 1. The van der Waals surface area contributed by atoms with E-state index in [0.29, 0.717) is 0 Å². The van der Waals surface area contributed by atoms with Crippen LogP contribution in [0.4, 0.5) is 0 Å². The second kappa shape index (κ2) is 5.76. The van der Waals surface area contributed by atoms with Gasteiger partial charge in [-0.1, -0.05) is 36.3 Å². The van der Waals surface area contributed by atoms with Crippen LogP contribution in [-0.2, 0) is 6.54 Å². The van der Waals surface area contributed by atoms with E-state index in [9.17, 15) is 0 Å². The average Bonchev–Trinajstić information content (AvgIpc) is 2.83. The molecule has 0 spiro atoms. The molecule has 0 bridgehead atoms. The van der Waals surface area contributed by atoms with Crippen LogP contribution in [0.25, 0.3) is 10.9 Å². The molecule has 0 saturated heterocycles. The Morgan fingerprint density at radius 3 is 2.57 bits per heavy atom. The van der Waals surface area contributed by atoms with Gasteiger partial charge in [0.05, 0.1) is 0 Å². The van der Waals surface area contributed by atoms with Crippen molar-refractivity contribution in [2.24, 2.45) is 0 Å². The van der Waals surface area contributed by atoms with E-state index in [-0.39, 0.29) is 0 Å². The quantitative estimate of drug-likeness (QED) is 0.648. The molecule has 0 fully saturated rings. The monoisotopic (exact) mass is 275 g/mol. The second-order valence-corrected chi connectivity index (χ2v) is 5.06. The van der Waals surface area contributed by atoms with Crippen molar-refractivity contribution in [2.45, 2.75) is 20.4 Å². The maximum absolute atomic E-state index is 5.27. The minimum atomic E-state index is 0.779. The van der Waals surface area contributed by atoms with Crippen LogP contribution in [0.15, 0.2) is 54.7 Å². The molecule has 0 saturated carbocycles. The van der Waals surface area contributed by atoms with Crippen molar-refractivity contribution in [3.05, 3.63) is 65.9 Å². The first-order valence-corrected chi connectivity index (χ1v) is 7.00. The molecule has 0 aliphatic carbocycles. The number of rotatable bonds is 3. The van der Waals surface area contributed by atoms with Gasteiger partial charge >= 0.3 is 0 Å². The van der Waals surface area contributed by atoms with Crippen LogP contribution >= 0.6 is 0 Å². The highest BCUT2D eigenvalue weighted by Crippen LogP contribution is 2.22. The first-order valence-electron chi connectivity index (χ1n) is 7.00. The standard InChI is InChI=1S/C19H17NO/c1-3-12-21-17-10-8-16(9-11-17)14-20-13-15(2)18-6-4-5-7-19(18)20/h4-11,13H,14H2,1-2H3. The van der Waals surface area contributed by atoms with Gasteiger partial charge in [0, 0.05) is 30.6 Å². The summed E-state index contributed by atoms with van der Waals surface area (Å²) in [5.41, 5.74) is 3.82. The Balaban J connectivity index is 1.86. The highest BCUT2D eigenvalue weighted by molar-refractivity contribution is 5.83. The zero-order chi connectivity index (χ0) is 14.7. The molecule has 0 radical (unpaired) electrons. The molecule has 0 N–H and O–H groups in total. The Kier molecular flexibility index (Phi) is 3.66. The van der Waals surface area contributed by atoms with Gasteiger partial charge in [0.1, 0.15) is 11.9 Å². The summed E-state index contributed by atoms with van der Waals surface area (Å²) in [6.07, 6.45) is 4.81.